The molecule has 22 heavy (non-hydrogen) atoms. The van der Waals surface area contributed by atoms with Gasteiger partial charge in [-0.2, -0.15) is 0 Å². The zero-order valence-electron chi connectivity index (χ0n) is 12.6. The molecule has 7 N–H and O–H groups in total. The first-order valence-electron chi connectivity index (χ1n) is 7.00. The summed E-state index contributed by atoms with van der Waals surface area (Å²) < 4.78 is 6.71. The molecule has 0 spiro atoms. The van der Waals surface area contributed by atoms with Crippen molar-refractivity contribution in [3.05, 3.63) is 34.4 Å². The van der Waals surface area contributed by atoms with Crippen LogP contribution in [0.15, 0.2) is 33.8 Å². The normalized spacial score (nSPS) is 21.2. The highest BCUT2D eigenvalue weighted by molar-refractivity contribution is 9.10. The van der Waals surface area contributed by atoms with E-state index < -0.39 is 5.66 Å². The van der Waals surface area contributed by atoms with Crippen molar-refractivity contribution in [2.24, 2.45) is 22.2 Å². The van der Waals surface area contributed by atoms with Crippen molar-refractivity contribution >= 4 is 21.9 Å². The van der Waals surface area contributed by atoms with E-state index in [1.165, 1.54) is 0 Å². The number of nitrogens with zero attached hydrogens (tertiary/aromatic N) is 2. The van der Waals surface area contributed by atoms with Crippen LogP contribution < -0.4 is 27.3 Å². The average Bonchev–Trinajstić information content (AvgIpc) is 2.42. The lowest BCUT2D eigenvalue weighted by Gasteiger charge is -2.31. The number of guanidine groups is 1. The molecule has 8 heteroatoms. The molecule has 0 saturated heterocycles. The number of ether oxygens (including phenoxy) is 1. The van der Waals surface area contributed by atoms with Crippen molar-refractivity contribution in [2.75, 3.05) is 6.54 Å². The lowest BCUT2D eigenvalue weighted by atomic mass is 10.0. The Hall–Kier alpha value is -1.64. The van der Waals surface area contributed by atoms with Crippen LogP contribution in [-0.4, -0.2) is 23.2 Å². The summed E-state index contributed by atoms with van der Waals surface area (Å²) in [5.41, 5.74) is 17.5. The second kappa shape index (κ2) is 6.64. The third-order valence-corrected chi connectivity index (χ3v) is 3.76. The van der Waals surface area contributed by atoms with Crippen LogP contribution in [0.2, 0.25) is 0 Å². The number of nitrogens with one attached hydrogen (secondary N) is 1. The van der Waals surface area contributed by atoms with Crippen LogP contribution in [0.1, 0.15) is 31.7 Å². The third-order valence-electron chi connectivity index (χ3n) is 3.33. The zero-order chi connectivity index (χ0) is 16.3. The first kappa shape index (κ1) is 16.7. The van der Waals surface area contributed by atoms with E-state index >= 15 is 0 Å². The van der Waals surface area contributed by atoms with E-state index in [-0.39, 0.29) is 11.9 Å². The highest BCUT2D eigenvalue weighted by Crippen LogP contribution is 2.32. The van der Waals surface area contributed by atoms with Crippen molar-refractivity contribution in [2.45, 2.75) is 31.8 Å². The number of halogens is 1. The van der Waals surface area contributed by atoms with Crippen molar-refractivity contribution in [1.82, 2.24) is 10.3 Å². The molecule has 0 aliphatic carbocycles. The van der Waals surface area contributed by atoms with Gasteiger partial charge in [-0.25, -0.2) is 9.98 Å². The molecular formula is C14H21BrN6O. The van der Waals surface area contributed by atoms with Gasteiger partial charge in [-0.15, -0.1) is 0 Å². The number of aromatic nitrogens is 1. The molecule has 2 rings (SSSR count). The van der Waals surface area contributed by atoms with Crippen LogP contribution in [0.4, 0.5) is 0 Å². The van der Waals surface area contributed by atoms with E-state index in [2.05, 4.69) is 45.1 Å². The summed E-state index contributed by atoms with van der Waals surface area (Å²) in [5.74, 6) is 1.63. The van der Waals surface area contributed by atoms with Gasteiger partial charge in [0.15, 0.2) is 17.4 Å². The molecule has 1 aliphatic heterocycles. The van der Waals surface area contributed by atoms with Crippen molar-refractivity contribution < 1.29 is 4.74 Å². The molecule has 120 valence electrons. The molecule has 1 aromatic heterocycles. The Morgan fingerprint density at radius 1 is 1.45 bits per heavy atom. The van der Waals surface area contributed by atoms with E-state index in [0.29, 0.717) is 29.1 Å². The fraction of sp³-hybridized carbons (Fsp3) is 0.429. The van der Waals surface area contributed by atoms with Gasteiger partial charge in [-0.3, -0.25) is 0 Å². The zero-order valence-corrected chi connectivity index (χ0v) is 14.2. The summed E-state index contributed by atoms with van der Waals surface area (Å²) in [4.78, 5) is 8.48. The number of rotatable bonds is 5. The number of hydrogen-bond acceptors (Lipinski definition) is 7. The molecule has 0 aromatic carbocycles. The van der Waals surface area contributed by atoms with Crippen molar-refractivity contribution in [3.63, 3.8) is 0 Å². The number of pyridine rings is 1. The smallest absolute Gasteiger partial charge is 0.195 e. The lowest BCUT2D eigenvalue weighted by Crippen LogP contribution is -2.50. The molecule has 0 saturated carbocycles. The Labute approximate surface area is 138 Å². The predicted octanol–water partition coefficient (Wildman–Crippen LogP) is 1.11. The maximum Gasteiger partial charge on any atom is 0.195 e. The van der Waals surface area contributed by atoms with Crippen LogP contribution in [0.5, 0.6) is 5.75 Å². The fourth-order valence-corrected chi connectivity index (χ4v) is 2.46. The molecule has 1 unspecified atom stereocenters. The molecule has 0 bridgehead atoms. The van der Waals surface area contributed by atoms with Crippen molar-refractivity contribution in [3.8, 4) is 5.75 Å². The Morgan fingerprint density at radius 3 is 2.82 bits per heavy atom. The second-order valence-corrected chi connectivity index (χ2v) is 6.23. The second-order valence-electron chi connectivity index (χ2n) is 5.41. The Balaban J connectivity index is 2.35. The number of nitrogens with two attached hydrogens (primary N) is 3. The Morgan fingerprint density at radius 2 is 2.18 bits per heavy atom. The number of hydrogen-bond donors (Lipinski definition) is 4. The van der Waals surface area contributed by atoms with E-state index in [4.69, 9.17) is 21.9 Å². The minimum atomic E-state index is -1.08. The van der Waals surface area contributed by atoms with Crippen LogP contribution in [0.25, 0.3) is 0 Å². The Kier molecular flexibility index (Phi) is 5.05. The van der Waals surface area contributed by atoms with Gasteiger partial charge in [0.2, 0.25) is 0 Å². The Bertz CT molecular complexity index is 615. The van der Waals surface area contributed by atoms with Crippen molar-refractivity contribution in [1.29, 1.82) is 0 Å². The molecule has 0 amide bonds. The van der Waals surface area contributed by atoms with Crippen LogP contribution in [-0.2, 0) is 0 Å². The first-order chi connectivity index (χ1) is 10.4. The van der Waals surface area contributed by atoms with E-state index in [9.17, 15) is 0 Å². The van der Waals surface area contributed by atoms with Crippen LogP contribution >= 0.6 is 15.9 Å². The van der Waals surface area contributed by atoms with Gasteiger partial charge in [-0.1, -0.05) is 13.8 Å². The monoisotopic (exact) mass is 368 g/mol. The quantitative estimate of drug-likeness (QED) is 0.577. The molecular weight excluding hydrogens is 348 g/mol. The maximum atomic E-state index is 6.31. The maximum absolute atomic E-state index is 6.31. The molecule has 1 atom stereocenters. The van der Waals surface area contributed by atoms with E-state index in [0.717, 1.165) is 5.56 Å². The summed E-state index contributed by atoms with van der Waals surface area (Å²) in [7, 11) is 0. The minimum Gasteiger partial charge on any atom is -0.456 e. The summed E-state index contributed by atoms with van der Waals surface area (Å²) in [6.45, 7) is 4.50. The standard InChI is InChI=1S/C14H21BrN6O/c1-8(2)9-6-19-12(15)5-10(9)22-11-7-20-13(17)21-14(11,18)3-4-16/h5-8H,3-4,16,18H2,1-2H3,(H3,17,20,21). The third kappa shape index (κ3) is 3.57. The molecule has 0 fully saturated rings. The summed E-state index contributed by atoms with van der Waals surface area (Å²) in [6, 6.07) is 1.81. The molecule has 1 aliphatic rings. The SMILES string of the molecule is CC(C)c1cnc(Br)cc1OC1=CNC(N)=NC1(N)CCN. The molecule has 7 nitrogen and oxygen atoms in total. The lowest BCUT2D eigenvalue weighted by molar-refractivity contribution is 0.295. The van der Waals surface area contributed by atoms with Gasteiger partial charge in [0.1, 0.15) is 10.4 Å². The topological polar surface area (TPSA) is 125 Å². The molecule has 2 heterocycles. The van der Waals surface area contributed by atoms with Gasteiger partial charge in [0.25, 0.3) is 0 Å². The average molecular weight is 369 g/mol. The van der Waals surface area contributed by atoms with Crippen LogP contribution in [0.3, 0.4) is 0 Å². The summed E-state index contributed by atoms with van der Waals surface area (Å²) in [6.07, 6.45) is 3.82. The predicted molar refractivity (Wildman–Crippen MR) is 90.1 cm³/mol. The fourth-order valence-electron chi connectivity index (χ4n) is 2.15. The highest BCUT2D eigenvalue weighted by Gasteiger charge is 2.34. The van der Waals surface area contributed by atoms with Crippen LogP contribution in [0, 0.1) is 0 Å². The van der Waals surface area contributed by atoms with Gasteiger partial charge in [-0.05, 0) is 28.4 Å². The van der Waals surface area contributed by atoms with Gasteiger partial charge in [0, 0.05) is 30.4 Å². The van der Waals surface area contributed by atoms with Gasteiger partial charge >= 0.3 is 0 Å². The molecule has 1 aromatic rings. The van der Waals surface area contributed by atoms with Gasteiger partial charge in [0.05, 0.1) is 0 Å². The number of aliphatic imine (C=N–C) groups is 1. The molecule has 0 radical (unpaired) electrons. The van der Waals surface area contributed by atoms with E-state index in [1.54, 1.807) is 18.5 Å². The highest BCUT2D eigenvalue weighted by atomic mass is 79.9. The van der Waals surface area contributed by atoms with Gasteiger partial charge < -0.3 is 27.3 Å². The minimum absolute atomic E-state index is 0.239. The largest absolute Gasteiger partial charge is 0.456 e. The van der Waals surface area contributed by atoms with E-state index in [1.807, 2.05) is 0 Å². The summed E-state index contributed by atoms with van der Waals surface area (Å²) >= 11 is 3.35. The summed E-state index contributed by atoms with van der Waals surface area (Å²) in [5, 5.41) is 2.82. The first-order valence-corrected chi connectivity index (χ1v) is 7.80.